The molecule has 0 amide bonds. The Labute approximate surface area is 169 Å². The van der Waals surface area contributed by atoms with Crippen molar-refractivity contribution < 1.29 is 13.2 Å². The van der Waals surface area contributed by atoms with E-state index in [9.17, 15) is 8.42 Å². The third-order valence-corrected chi connectivity index (χ3v) is 8.34. The van der Waals surface area contributed by atoms with E-state index in [0.29, 0.717) is 30.5 Å². The summed E-state index contributed by atoms with van der Waals surface area (Å²) in [4.78, 5) is 4.73. The lowest BCUT2D eigenvalue weighted by atomic mass is 9.86. The largest absolute Gasteiger partial charge is 0.383 e. The van der Waals surface area contributed by atoms with Gasteiger partial charge in [-0.25, -0.2) is 8.42 Å². The number of sulfonamides is 1. The van der Waals surface area contributed by atoms with Crippen LogP contribution in [0.25, 0.3) is 0 Å². The first kappa shape index (κ1) is 19.4. The van der Waals surface area contributed by atoms with E-state index in [1.807, 2.05) is 24.3 Å². The zero-order chi connectivity index (χ0) is 19.6. The minimum Gasteiger partial charge on any atom is -0.383 e. The molecule has 2 N–H and O–H groups in total. The second-order valence-electron chi connectivity index (χ2n) is 6.98. The maximum absolute atomic E-state index is 13.1. The minimum atomic E-state index is -3.52. The number of benzene rings is 1. The average Bonchev–Trinajstić information content (AvgIpc) is 3.24. The number of rotatable bonds is 5. The molecule has 0 radical (unpaired) electrons. The molecule has 0 saturated carbocycles. The van der Waals surface area contributed by atoms with Gasteiger partial charge < -0.3 is 15.4 Å². The molecule has 2 aliphatic rings. The van der Waals surface area contributed by atoms with Crippen LogP contribution < -0.4 is 10.6 Å². The highest BCUT2D eigenvalue weighted by molar-refractivity contribution is 7.91. The lowest BCUT2D eigenvalue weighted by molar-refractivity contribution is 0.207. The Morgan fingerprint density at radius 1 is 1.25 bits per heavy atom. The van der Waals surface area contributed by atoms with Crippen LogP contribution in [0, 0.1) is 0 Å². The summed E-state index contributed by atoms with van der Waals surface area (Å²) in [6.45, 7) is 1.87. The standard InChI is InChI=1S/C19H24N4O3S2/c1-26-12-10-20-18-19(22-16-7-3-2-6-15(16)21-18)9-5-11-23(14-19)28(24,25)17-8-4-13-27-17/h2-4,6-8,13,22H,5,9-12,14H2,1H3,(H,20,21). The van der Waals surface area contributed by atoms with E-state index in [2.05, 4.69) is 10.6 Å². The lowest BCUT2D eigenvalue weighted by Gasteiger charge is -2.46. The van der Waals surface area contributed by atoms with Crippen molar-refractivity contribution in [3.8, 4) is 0 Å². The van der Waals surface area contributed by atoms with Gasteiger partial charge in [0.2, 0.25) is 0 Å². The molecule has 1 atom stereocenters. The second kappa shape index (κ2) is 7.82. The SMILES string of the molecule is COCCN=C1Nc2ccccc2NC12CCCN(S(=O)(=O)c1cccs1)C2. The van der Waals surface area contributed by atoms with Gasteiger partial charge in [-0.05, 0) is 36.4 Å². The highest BCUT2D eigenvalue weighted by atomic mass is 32.2. The topological polar surface area (TPSA) is 83.0 Å². The van der Waals surface area contributed by atoms with Crippen molar-refractivity contribution in [3.63, 3.8) is 0 Å². The van der Waals surface area contributed by atoms with Crippen molar-refractivity contribution in [3.05, 3.63) is 41.8 Å². The van der Waals surface area contributed by atoms with Crippen LogP contribution in [-0.4, -0.2) is 57.4 Å². The number of aliphatic imine (C=N–C) groups is 1. The summed E-state index contributed by atoms with van der Waals surface area (Å²) >= 11 is 1.25. The third kappa shape index (κ3) is 3.55. The number of ether oxygens (including phenoxy) is 1. The van der Waals surface area contributed by atoms with Crippen LogP contribution in [0.4, 0.5) is 11.4 Å². The molecule has 1 saturated heterocycles. The molecule has 150 valence electrons. The average molecular weight is 421 g/mol. The number of methoxy groups -OCH3 is 1. The number of hydrogen-bond donors (Lipinski definition) is 2. The van der Waals surface area contributed by atoms with Crippen molar-refractivity contribution in [2.75, 3.05) is 44.0 Å². The molecule has 1 unspecified atom stereocenters. The number of hydrogen-bond acceptors (Lipinski definition) is 6. The molecule has 7 nitrogen and oxygen atoms in total. The van der Waals surface area contributed by atoms with Crippen LogP contribution in [0.1, 0.15) is 12.8 Å². The third-order valence-electron chi connectivity index (χ3n) is 5.12. The fraction of sp³-hybridized carbons (Fsp3) is 0.421. The first-order valence-corrected chi connectivity index (χ1v) is 11.6. The highest BCUT2D eigenvalue weighted by Gasteiger charge is 2.46. The van der Waals surface area contributed by atoms with E-state index in [1.165, 1.54) is 11.3 Å². The molecule has 9 heteroatoms. The van der Waals surface area contributed by atoms with Crippen LogP contribution in [0.3, 0.4) is 0 Å². The van der Waals surface area contributed by atoms with E-state index in [0.717, 1.165) is 30.1 Å². The number of piperidine rings is 1. The molecular formula is C19H24N4O3S2. The highest BCUT2D eigenvalue weighted by Crippen LogP contribution is 2.37. The normalized spacial score (nSPS) is 24.0. The number of anilines is 2. The summed E-state index contributed by atoms with van der Waals surface area (Å²) in [7, 11) is -1.87. The first-order valence-electron chi connectivity index (χ1n) is 9.27. The van der Waals surface area contributed by atoms with Crippen LogP contribution in [0.5, 0.6) is 0 Å². The van der Waals surface area contributed by atoms with Crippen molar-refractivity contribution >= 4 is 38.6 Å². The van der Waals surface area contributed by atoms with E-state index in [1.54, 1.807) is 28.9 Å². The molecular weight excluding hydrogens is 396 g/mol. The number of nitrogens with one attached hydrogen (secondary N) is 2. The number of thiophene rings is 1. The Balaban J connectivity index is 1.69. The molecule has 1 spiro atoms. The monoisotopic (exact) mass is 420 g/mol. The van der Waals surface area contributed by atoms with E-state index >= 15 is 0 Å². The quantitative estimate of drug-likeness (QED) is 0.727. The number of para-hydroxylation sites is 2. The summed E-state index contributed by atoms with van der Waals surface area (Å²) in [6, 6.07) is 11.4. The van der Waals surface area contributed by atoms with Gasteiger partial charge >= 0.3 is 0 Å². The number of fused-ring (bicyclic) bond motifs is 1. The van der Waals surface area contributed by atoms with E-state index in [-0.39, 0.29) is 0 Å². The Bertz CT molecular complexity index is 959. The van der Waals surface area contributed by atoms with Crippen molar-refractivity contribution in [1.82, 2.24) is 4.31 Å². The van der Waals surface area contributed by atoms with Gasteiger partial charge in [0.1, 0.15) is 15.6 Å². The van der Waals surface area contributed by atoms with Crippen molar-refractivity contribution in [1.29, 1.82) is 0 Å². The van der Waals surface area contributed by atoms with Gasteiger partial charge in [0.15, 0.2) is 0 Å². The Morgan fingerprint density at radius 2 is 2.07 bits per heavy atom. The summed E-state index contributed by atoms with van der Waals surface area (Å²) in [5, 5.41) is 8.83. The van der Waals surface area contributed by atoms with Crippen molar-refractivity contribution in [2.24, 2.45) is 4.99 Å². The fourth-order valence-electron chi connectivity index (χ4n) is 3.76. The Morgan fingerprint density at radius 3 is 2.82 bits per heavy atom. The van der Waals surface area contributed by atoms with Crippen LogP contribution in [-0.2, 0) is 14.8 Å². The summed E-state index contributed by atoms with van der Waals surface area (Å²) in [6.07, 6.45) is 1.56. The molecule has 3 heterocycles. The number of nitrogens with zero attached hydrogens (tertiary/aromatic N) is 2. The zero-order valence-corrected chi connectivity index (χ0v) is 17.4. The zero-order valence-electron chi connectivity index (χ0n) is 15.7. The number of amidine groups is 1. The molecule has 1 aromatic heterocycles. The fourth-order valence-corrected chi connectivity index (χ4v) is 6.44. The van der Waals surface area contributed by atoms with Gasteiger partial charge in [-0.3, -0.25) is 4.99 Å². The molecule has 2 aromatic rings. The molecule has 0 bridgehead atoms. The molecule has 2 aliphatic heterocycles. The summed E-state index contributed by atoms with van der Waals surface area (Å²) in [5.74, 6) is 0.773. The van der Waals surface area contributed by atoms with Gasteiger partial charge in [0.25, 0.3) is 10.0 Å². The molecule has 1 aromatic carbocycles. The predicted molar refractivity (Wildman–Crippen MR) is 113 cm³/mol. The molecule has 4 rings (SSSR count). The second-order valence-corrected chi connectivity index (χ2v) is 10.1. The summed E-state index contributed by atoms with van der Waals surface area (Å²) < 4.78 is 33.3. The van der Waals surface area contributed by atoms with E-state index < -0.39 is 15.6 Å². The van der Waals surface area contributed by atoms with Crippen molar-refractivity contribution in [2.45, 2.75) is 22.6 Å². The minimum absolute atomic E-state index is 0.334. The molecule has 28 heavy (non-hydrogen) atoms. The first-order chi connectivity index (χ1) is 13.5. The van der Waals surface area contributed by atoms with Gasteiger partial charge in [-0.2, -0.15) is 4.31 Å². The maximum atomic E-state index is 13.1. The predicted octanol–water partition coefficient (Wildman–Crippen LogP) is 2.85. The maximum Gasteiger partial charge on any atom is 0.252 e. The van der Waals surface area contributed by atoms with Crippen LogP contribution in [0.2, 0.25) is 0 Å². The smallest absolute Gasteiger partial charge is 0.252 e. The Hall–Kier alpha value is -1.94. The Kier molecular flexibility index (Phi) is 5.42. The van der Waals surface area contributed by atoms with Gasteiger partial charge in [-0.1, -0.05) is 18.2 Å². The summed E-state index contributed by atoms with van der Waals surface area (Å²) in [5.41, 5.74) is 1.33. The van der Waals surface area contributed by atoms with Crippen LogP contribution >= 0.6 is 11.3 Å². The molecule has 1 fully saturated rings. The van der Waals surface area contributed by atoms with Gasteiger partial charge in [0, 0.05) is 20.2 Å². The molecule has 0 aliphatic carbocycles. The van der Waals surface area contributed by atoms with Crippen LogP contribution in [0.15, 0.2) is 51.0 Å². The lowest BCUT2D eigenvalue weighted by Crippen LogP contribution is -2.62. The van der Waals surface area contributed by atoms with Gasteiger partial charge in [-0.15, -0.1) is 11.3 Å². The van der Waals surface area contributed by atoms with Gasteiger partial charge in [0.05, 0.1) is 24.5 Å². The van der Waals surface area contributed by atoms with E-state index in [4.69, 9.17) is 9.73 Å².